The molecule has 1 rings (SSSR count). The van der Waals surface area contributed by atoms with Gasteiger partial charge in [0.2, 0.25) is 0 Å². The van der Waals surface area contributed by atoms with E-state index in [1.54, 1.807) is 25.6 Å². The van der Waals surface area contributed by atoms with E-state index in [9.17, 15) is 0 Å². The Balaban J connectivity index is 2.41. The Morgan fingerprint density at radius 3 is 2.47 bits per heavy atom. The molecular weight excluding hydrogens is 236 g/mol. The summed E-state index contributed by atoms with van der Waals surface area (Å²) in [5.74, 6) is 0. The van der Waals surface area contributed by atoms with Gasteiger partial charge in [0.1, 0.15) is 0 Å². The molecule has 0 aliphatic rings. The van der Waals surface area contributed by atoms with Crippen LogP contribution >= 0.6 is 11.3 Å². The van der Waals surface area contributed by atoms with Gasteiger partial charge in [-0.25, -0.2) is 0 Å². The molecule has 1 heterocycles. The highest BCUT2D eigenvalue weighted by atomic mass is 32.1. The molecule has 0 spiro atoms. The second-order valence-electron chi connectivity index (χ2n) is 4.05. The maximum absolute atomic E-state index is 5.14. The lowest BCUT2D eigenvalue weighted by Crippen LogP contribution is -2.36. The largest absolute Gasteiger partial charge is 0.355 e. The predicted octanol–water partition coefficient (Wildman–Crippen LogP) is 1.56. The second-order valence-corrected chi connectivity index (χ2v) is 5.03. The van der Waals surface area contributed by atoms with Crippen LogP contribution < -0.4 is 5.32 Å². The van der Waals surface area contributed by atoms with Crippen LogP contribution in [0.15, 0.2) is 17.5 Å². The Bertz CT molecular complexity index is 287. The van der Waals surface area contributed by atoms with Crippen molar-refractivity contribution in [3.05, 3.63) is 22.4 Å². The molecule has 1 N–H and O–H groups in total. The number of ether oxygens (including phenoxy) is 2. The molecule has 98 valence electrons. The highest BCUT2D eigenvalue weighted by molar-refractivity contribution is 7.10. The smallest absolute Gasteiger partial charge is 0.169 e. The predicted molar refractivity (Wildman–Crippen MR) is 71.4 cm³/mol. The first-order chi connectivity index (χ1) is 8.19. The van der Waals surface area contributed by atoms with Gasteiger partial charge in [0.25, 0.3) is 0 Å². The van der Waals surface area contributed by atoms with Crippen LogP contribution in [0.4, 0.5) is 0 Å². The molecule has 0 saturated carbocycles. The van der Waals surface area contributed by atoms with E-state index in [1.807, 2.05) is 0 Å². The Hall–Kier alpha value is -0.460. The van der Waals surface area contributed by atoms with Crippen LogP contribution in [0.3, 0.4) is 0 Å². The molecule has 0 radical (unpaired) electrons. The molecule has 0 saturated heterocycles. The first-order valence-electron chi connectivity index (χ1n) is 5.65. The third-order valence-electron chi connectivity index (χ3n) is 2.67. The maximum atomic E-state index is 5.14. The summed E-state index contributed by atoms with van der Waals surface area (Å²) in [6, 6.07) is 4.65. The van der Waals surface area contributed by atoms with Crippen LogP contribution in [0.1, 0.15) is 10.9 Å². The number of hydrogen-bond acceptors (Lipinski definition) is 5. The second kappa shape index (κ2) is 7.79. The quantitative estimate of drug-likeness (QED) is 0.718. The van der Waals surface area contributed by atoms with E-state index in [-0.39, 0.29) is 6.29 Å². The zero-order valence-corrected chi connectivity index (χ0v) is 11.8. The molecule has 1 aromatic rings. The fourth-order valence-corrected chi connectivity index (χ4v) is 2.54. The zero-order valence-electron chi connectivity index (χ0n) is 11.0. The van der Waals surface area contributed by atoms with Crippen molar-refractivity contribution in [3.63, 3.8) is 0 Å². The summed E-state index contributed by atoms with van der Waals surface area (Å²) in [6.07, 6.45) is -0.179. The lowest BCUT2D eigenvalue weighted by molar-refractivity contribution is -0.0990. The molecule has 0 aliphatic carbocycles. The molecule has 0 aliphatic heterocycles. The fourth-order valence-electron chi connectivity index (χ4n) is 1.62. The Kier molecular flexibility index (Phi) is 6.69. The summed E-state index contributed by atoms with van der Waals surface area (Å²) in [7, 11) is 7.49. The van der Waals surface area contributed by atoms with Crippen LogP contribution in [0.5, 0.6) is 0 Å². The van der Waals surface area contributed by atoms with Crippen molar-refractivity contribution in [3.8, 4) is 0 Å². The molecule has 0 amide bonds. The van der Waals surface area contributed by atoms with Gasteiger partial charge >= 0.3 is 0 Å². The van der Waals surface area contributed by atoms with Crippen molar-refractivity contribution in [2.75, 3.05) is 41.4 Å². The van der Waals surface area contributed by atoms with Crippen LogP contribution in [-0.4, -0.2) is 52.6 Å². The molecule has 1 atom stereocenters. The number of methoxy groups -OCH3 is 2. The summed E-state index contributed by atoms with van der Waals surface area (Å²) < 4.78 is 10.3. The van der Waals surface area contributed by atoms with Crippen LogP contribution in [0.25, 0.3) is 0 Å². The van der Waals surface area contributed by atoms with E-state index in [1.165, 1.54) is 4.88 Å². The SMILES string of the molecule is COC(CNCC(c1cccs1)N(C)C)OC. The Morgan fingerprint density at radius 1 is 1.29 bits per heavy atom. The van der Waals surface area contributed by atoms with E-state index >= 15 is 0 Å². The number of likely N-dealkylation sites (N-methyl/N-ethyl adjacent to an activating group) is 1. The average molecular weight is 258 g/mol. The summed E-state index contributed by atoms with van der Waals surface area (Å²) >= 11 is 1.79. The summed E-state index contributed by atoms with van der Waals surface area (Å²) in [4.78, 5) is 3.59. The van der Waals surface area contributed by atoms with Crippen LogP contribution in [-0.2, 0) is 9.47 Å². The van der Waals surface area contributed by atoms with Gasteiger partial charge in [-0.05, 0) is 25.5 Å². The van der Waals surface area contributed by atoms with E-state index < -0.39 is 0 Å². The molecule has 5 heteroatoms. The number of nitrogens with one attached hydrogen (secondary N) is 1. The summed E-state index contributed by atoms with van der Waals surface area (Å²) in [6.45, 7) is 1.58. The maximum Gasteiger partial charge on any atom is 0.169 e. The topological polar surface area (TPSA) is 33.7 Å². The molecule has 0 fully saturated rings. The van der Waals surface area contributed by atoms with E-state index in [0.29, 0.717) is 12.6 Å². The summed E-state index contributed by atoms with van der Waals surface area (Å²) in [5, 5.41) is 5.48. The van der Waals surface area contributed by atoms with E-state index in [2.05, 4.69) is 41.8 Å². The first-order valence-corrected chi connectivity index (χ1v) is 6.53. The number of rotatable bonds is 8. The van der Waals surface area contributed by atoms with Gasteiger partial charge in [-0.3, -0.25) is 0 Å². The van der Waals surface area contributed by atoms with Gasteiger partial charge in [0.15, 0.2) is 6.29 Å². The lowest BCUT2D eigenvalue weighted by atomic mass is 10.2. The van der Waals surface area contributed by atoms with E-state index in [0.717, 1.165) is 6.54 Å². The van der Waals surface area contributed by atoms with Crippen molar-refractivity contribution in [1.82, 2.24) is 10.2 Å². The standard InChI is InChI=1S/C12H22N2O2S/c1-14(2)10(11-6-5-7-17-11)8-13-9-12(15-3)16-4/h5-7,10,12-13H,8-9H2,1-4H3. The third kappa shape index (κ3) is 4.73. The summed E-state index contributed by atoms with van der Waals surface area (Å²) in [5.41, 5.74) is 0. The Labute approximate surface area is 108 Å². The molecule has 1 aromatic heterocycles. The van der Waals surface area contributed by atoms with Gasteiger partial charge in [-0.1, -0.05) is 6.07 Å². The van der Waals surface area contributed by atoms with Crippen LogP contribution in [0, 0.1) is 0 Å². The highest BCUT2D eigenvalue weighted by Crippen LogP contribution is 2.22. The third-order valence-corrected chi connectivity index (χ3v) is 3.64. The zero-order chi connectivity index (χ0) is 12.7. The number of hydrogen-bond donors (Lipinski definition) is 1. The van der Waals surface area contributed by atoms with E-state index in [4.69, 9.17) is 9.47 Å². The number of thiophene rings is 1. The van der Waals surface area contributed by atoms with Gasteiger partial charge in [0, 0.05) is 32.2 Å². The van der Waals surface area contributed by atoms with Gasteiger partial charge in [0.05, 0.1) is 6.04 Å². The molecule has 4 nitrogen and oxygen atoms in total. The minimum absolute atomic E-state index is 0.179. The normalized spacial score (nSPS) is 13.5. The molecule has 0 aromatic carbocycles. The number of nitrogens with zero attached hydrogens (tertiary/aromatic N) is 1. The van der Waals surface area contributed by atoms with Gasteiger partial charge in [-0.15, -0.1) is 11.3 Å². The van der Waals surface area contributed by atoms with Crippen molar-refractivity contribution < 1.29 is 9.47 Å². The fraction of sp³-hybridized carbons (Fsp3) is 0.667. The van der Waals surface area contributed by atoms with Crippen molar-refractivity contribution in [2.45, 2.75) is 12.3 Å². The highest BCUT2D eigenvalue weighted by Gasteiger charge is 2.15. The lowest BCUT2D eigenvalue weighted by Gasteiger charge is -2.24. The minimum atomic E-state index is -0.179. The Morgan fingerprint density at radius 2 is 2.00 bits per heavy atom. The first kappa shape index (κ1) is 14.6. The van der Waals surface area contributed by atoms with Gasteiger partial charge < -0.3 is 19.7 Å². The van der Waals surface area contributed by atoms with Gasteiger partial charge in [-0.2, -0.15) is 0 Å². The molecule has 0 bridgehead atoms. The minimum Gasteiger partial charge on any atom is -0.355 e. The van der Waals surface area contributed by atoms with Crippen LogP contribution in [0.2, 0.25) is 0 Å². The molecule has 17 heavy (non-hydrogen) atoms. The molecule has 1 unspecified atom stereocenters. The van der Waals surface area contributed by atoms with Crippen molar-refractivity contribution in [2.24, 2.45) is 0 Å². The average Bonchev–Trinajstić information content (AvgIpc) is 2.82. The monoisotopic (exact) mass is 258 g/mol. The van der Waals surface area contributed by atoms with Crippen molar-refractivity contribution in [1.29, 1.82) is 0 Å². The molecular formula is C12H22N2O2S. The van der Waals surface area contributed by atoms with Crippen molar-refractivity contribution >= 4 is 11.3 Å².